The molecule has 1 N–H and O–H groups in total. The van der Waals surface area contributed by atoms with Gasteiger partial charge in [0.2, 0.25) is 0 Å². The van der Waals surface area contributed by atoms with E-state index in [-0.39, 0.29) is 0 Å². The number of nitrogens with one attached hydrogen (secondary N) is 1. The molecule has 0 aromatic rings. The predicted octanol–water partition coefficient (Wildman–Crippen LogP) is 0.910. The Bertz CT molecular complexity index is 178. The van der Waals surface area contributed by atoms with Crippen molar-refractivity contribution in [3.63, 3.8) is 0 Å². The molecule has 2 saturated heterocycles. The summed E-state index contributed by atoms with van der Waals surface area (Å²) in [5, 5.41) is 3.47. The monoisotopic (exact) mass is 198 g/mol. The number of nitrogens with zero attached hydrogens (tertiary/aromatic N) is 1. The molecule has 0 spiro atoms. The molecule has 2 aliphatic heterocycles. The Morgan fingerprint density at radius 1 is 1.50 bits per heavy atom. The average Bonchev–Trinajstić information content (AvgIpc) is 2.56. The summed E-state index contributed by atoms with van der Waals surface area (Å²) in [6, 6.07) is 0. The second kappa shape index (κ2) is 4.60. The van der Waals surface area contributed by atoms with E-state index in [0.29, 0.717) is 12.1 Å². The number of ether oxygens (including phenoxy) is 1. The van der Waals surface area contributed by atoms with Crippen LogP contribution in [0.15, 0.2) is 0 Å². The lowest BCUT2D eigenvalue weighted by atomic mass is 10.0. The minimum absolute atomic E-state index is 0.322. The molecule has 14 heavy (non-hydrogen) atoms. The fourth-order valence-corrected chi connectivity index (χ4v) is 2.40. The lowest BCUT2D eigenvalue weighted by molar-refractivity contribution is -0.0351. The van der Waals surface area contributed by atoms with Crippen molar-refractivity contribution in [2.45, 2.75) is 26.0 Å². The highest BCUT2D eigenvalue weighted by Crippen LogP contribution is 2.21. The maximum Gasteiger partial charge on any atom is 0.108 e. The molecule has 3 nitrogen and oxygen atoms in total. The maximum absolute atomic E-state index is 5.76. The smallest absolute Gasteiger partial charge is 0.108 e. The van der Waals surface area contributed by atoms with Crippen LogP contribution in [0.1, 0.15) is 19.8 Å². The van der Waals surface area contributed by atoms with Gasteiger partial charge in [0.05, 0.1) is 6.61 Å². The molecular weight excluding hydrogens is 176 g/mol. The Labute approximate surface area is 86.8 Å². The van der Waals surface area contributed by atoms with Crippen molar-refractivity contribution in [2.75, 3.05) is 33.3 Å². The third kappa shape index (κ3) is 2.69. The number of likely N-dealkylation sites (tertiary alicyclic amines) is 1. The van der Waals surface area contributed by atoms with E-state index in [2.05, 4.69) is 24.2 Å². The molecule has 82 valence electrons. The highest BCUT2D eigenvalue weighted by atomic mass is 16.5. The lowest BCUT2D eigenvalue weighted by Gasteiger charge is -2.30. The van der Waals surface area contributed by atoms with Gasteiger partial charge in [-0.3, -0.25) is 5.32 Å². The minimum atomic E-state index is 0.322. The maximum atomic E-state index is 5.76. The molecule has 3 atom stereocenters. The average molecular weight is 198 g/mol. The largest absolute Gasteiger partial charge is 0.363 e. The topological polar surface area (TPSA) is 24.5 Å². The molecule has 0 bridgehead atoms. The summed E-state index contributed by atoms with van der Waals surface area (Å²) in [5.41, 5.74) is 0. The first-order chi connectivity index (χ1) is 6.74. The van der Waals surface area contributed by atoms with E-state index < -0.39 is 0 Å². The van der Waals surface area contributed by atoms with E-state index >= 15 is 0 Å². The molecule has 0 aromatic carbocycles. The van der Waals surface area contributed by atoms with Crippen LogP contribution in [0, 0.1) is 11.8 Å². The van der Waals surface area contributed by atoms with Crippen LogP contribution < -0.4 is 5.32 Å². The first kappa shape index (κ1) is 10.4. The Morgan fingerprint density at radius 2 is 2.36 bits per heavy atom. The van der Waals surface area contributed by atoms with Gasteiger partial charge < -0.3 is 9.64 Å². The zero-order valence-electron chi connectivity index (χ0n) is 9.33. The van der Waals surface area contributed by atoms with E-state index in [4.69, 9.17) is 4.74 Å². The van der Waals surface area contributed by atoms with Crippen LogP contribution in [-0.4, -0.2) is 44.4 Å². The van der Waals surface area contributed by atoms with Crippen LogP contribution in [0.4, 0.5) is 0 Å². The van der Waals surface area contributed by atoms with Crippen LogP contribution in [0.25, 0.3) is 0 Å². The van der Waals surface area contributed by atoms with Crippen LogP contribution in [-0.2, 0) is 4.74 Å². The van der Waals surface area contributed by atoms with Crippen molar-refractivity contribution < 1.29 is 4.74 Å². The van der Waals surface area contributed by atoms with E-state index in [0.717, 1.165) is 19.1 Å². The van der Waals surface area contributed by atoms with Gasteiger partial charge in [0.15, 0.2) is 0 Å². The summed E-state index contributed by atoms with van der Waals surface area (Å²) in [6.45, 7) is 6.78. The number of hydrogen-bond acceptors (Lipinski definition) is 3. The van der Waals surface area contributed by atoms with Gasteiger partial charge in [-0.25, -0.2) is 0 Å². The second-order valence-electron chi connectivity index (χ2n) is 4.99. The summed E-state index contributed by atoms with van der Waals surface area (Å²) in [5.74, 6) is 1.52. The normalized spacial score (nSPS) is 40.3. The zero-order valence-corrected chi connectivity index (χ0v) is 9.33. The van der Waals surface area contributed by atoms with Crippen molar-refractivity contribution in [3.8, 4) is 0 Å². The third-order valence-corrected chi connectivity index (χ3v) is 3.31. The molecular formula is C11H22N2O. The van der Waals surface area contributed by atoms with Crippen molar-refractivity contribution in [1.29, 1.82) is 0 Å². The van der Waals surface area contributed by atoms with E-state index in [1.165, 1.54) is 25.9 Å². The Hall–Kier alpha value is -0.120. The molecule has 3 unspecified atom stereocenters. The molecule has 2 heterocycles. The van der Waals surface area contributed by atoms with Crippen LogP contribution in [0.2, 0.25) is 0 Å². The quantitative estimate of drug-likeness (QED) is 0.714. The Balaban J connectivity index is 1.70. The number of hydrogen-bond donors (Lipinski definition) is 1. The summed E-state index contributed by atoms with van der Waals surface area (Å²) in [4.78, 5) is 2.41. The zero-order chi connectivity index (χ0) is 9.97. The summed E-state index contributed by atoms with van der Waals surface area (Å²) >= 11 is 0. The molecule has 0 aromatic heterocycles. The fraction of sp³-hybridized carbons (Fsp3) is 1.00. The first-order valence-corrected chi connectivity index (χ1v) is 5.77. The number of rotatable bonds is 2. The molecule has 2 rings (SSSR count). The van der Waals surface area contributed by atoms with Crippen molar-refractivity contribution in [1.82, 2.24) is 10.2 Å². The van der Waals surface area contributed by atoms with Gasteiger partial charge in [-0.05, 0) is 38.3 Å². The van der Waals surface area contributed by atoms with Gasteiger partial charge in [0.25, 0.3) is 0 Å². The van der Waals surface area contributed by atoms with Crippen molar-refractivity contribution >= 4 is 0 Å². The fourth-order valence-electron chi connectivity index (χ4n) is 2.40. The van der Waals surface area contributed by atoms with Gasteiger partial charge >= 0.3 is 0 Å². The molecule has 3 heteroatoms. The molecule has 0 saturated carbocycles. The van der Waals surface area contributed by atoms with Gasteiger partial charge in [-0.2, -0.15) is 0 Å². The van der Waals surface area contributed by atoms with E-state index in [1.807, 2.05) is 0 Å². The van der Waals surface area contributed by atoms with Crippen molar-refractivity contribution in [3.05, 3.63) is 0 Å². The molecule has 0 amide bonds. The van der Waals surface area contributed by atoms with Crippen LogP contribution in [0.5, 0.6) is 0 Å². The third-order valence-electron chi connectivity index (χ3n) is 3.31. The summed E-state index contributed by atoms with van der Waals surface area (Å²) in [6.07, 6.45) is 2.85. The standard InChI is InChI=1S/C11H22N2O/c1-9-6-12-11(14-8-9)5-10-3-4-13(2)7-10/h9-12H,3-8H2,1-2H3. The molecule has 0 aliphatic carbocycles. The summed E-state index contributed by atoms with van der Waals surface area (Å²) < 4.78 is 5.76. The van der Waals surface area contributed by atoms with Gasteiger partial charge in [0, 0.05) is 13.1 Å². The van der Waals surface area contributed by atoms with Gasteiger partial charge in [-0.15, -0.1) is 0 Å². The molecule has 2 fully saturated rings. The van der Waals surface area contributed by atoms with Gasteiger partial charge in [-0.1, -0.05) is 6.92 Å². The van der Waals surface area contributed by atoms with Crippen molar-refractivity contribution in [2.24, 2.45) is 11.8 Å². The highest BCUT2D eigenvalue weighted by molar-refractivity contribution is 4.77. The molecule has 2 aliphatic rings. The highest BCUT2D eigenvalue weighted by Gasteiger charge is 2.25. The summed E-state index contributed by atoms with van der Waals surface area (Å²) in [7, 11) is 2.21. The lowest BCUT2D eigenvalue weighted by Crippen LogP contribution is -2.43. The SMILES string of the molecule is CC1CNC(CC2CCN(C)C2)OC1. The second-order valence-corrected chi connectivity index (χ2v) is 4.99. The van der Waals surface area contributed by atoms with E-state index in [9.17, 15) is 0 Å². The van der Waals surface area contributed by atoms with Crippen LogP contribution in [0.3, 0.4) is 0 Å². The van der Waals surface area contributed by atoms with Gasteiger partial charge in [0.1, 0.15) is 6.23 Å². The first-order valence-electron chi connectivity index (χ1n) is 5.77. The predicted molar refractivity (Wildman–Crippen MR) is 57.1 cm³/mol. The Morgan fingerprint density at radius 3 is 2.93 bits per heavy atom. The minimum Gasteiger partial charge on any atom is -0.363 e. The molecule has 0 radical (unpaired) electrons. The van der Waals surface area contributed by atoms with Crippen LogP contribution >= 0.6 is 0 Å². The Kier molecular flexibility index (Phi) is 3.42. The van der Waals surface area contributed by atoms with E-state index in [1.54, 1.807) is 0 Å².